The van der Waals surface area contributed by atoms with Gasteiger partial charge in [0, 0.05) is 27.8 Å². The second kappa shape index (κ2) is 5.30. The highest BCUT2D eigenvalue weighted by Gasteiger charge is 2.05. The Balaban J connectivity index is 2.10. The Morgan fingerprint density at radius 3 is 2.35 bits per heavy atom. The zero-order valence-corrected chi connectivity index (χ0v) is 10.5. The molecule has 0 aliphatic carbocycles. The summed E-state index contributed by atoms with van der Waals surface area (Å²) >= 11 is 11.8. The zero-order valence-electron chi connectivity index (χ0n) is 8.95. The molecule has 17 heavy (non-hydrogen) atoms. The summed E-state index contributed by atoms with van der Waals surface area (Å²) in [5.41, 5.74) is 1.61. The number of anilines is 1. The molecule has 0 radical (unpaired) electrons. The predicted molar refractivity (Wildman–Crippen MR) is 71.9 cm³/mol. The van der Waals surface area contributed by atoms with Crippen LogP contribution in [0.5, 0.6) is 5.75 Å². The van der Waals surface area contributed by atoms with Crippen LogP contribution in [0.25, 0.3) is 0 Å². The summed E-state index contributed by atoms with van der Waals surface area (Å²) in [5.74, 6) is 0.193. The van der Waals surface area contributed by atoms with Gasteiger partial charge in [0.1, 0.15) is 5.75 Å². The summed E-state index contributed by atoms with van der Waals surface area (Å²) in [7, 11) is 0. The third-order valence-electron chi connectivity index (χ3n) is 2.41. The van der Waals surface area contributed by atoms with E-state index in [2.05, 4.69) is 5.32 Å². The molecule has 0 spiro atoms. The fourth-order valence-corrected chi connectivity index (χ4v) is 1.84. The number of rotatable bonds is 3. The summed E-state index contributed by atoms with van der Waals surface area (Å²) in [6.07, 6.45) is 0. The number of hydrogen-bond donors (Lipinski definition) is 2. The van der Waals surface area contributed by atoms with Crippen LogP contribution >= 0.6 is 23.2 Å². The average Bonchev–Trinajstić information content (AvgIpc) is 2.31. The summed E-state index contributed by atoms with van der Waals surface area (Å²) in [6, 6.07) is 12.4. The first-order valence-electron chi connectivity index (χ1n) is 5.12. The zero-order chi connectivity index (χ0) is 12.3. The molecule has 0 bridgehead atoms. The van der Waals surface area contributed by atoms with E-state index in [-0.39, 0.29) is 5.75 Å². The molecule has 4 heteroatoms. The number of phenolic OH excluding ortho intramolecular Hbond substituents is 1. The van der Waals surface area contributed by atoms with Crippen LogP contribution in [0.2, 0.25) is 10.0 Å². The average molecular weight is 268 g/mol. The lowest BCUT2D eigenvalue weighted by atomic mass is 10.2. The molecule has 0 heterocycles. The van der Waals surface area contributed by atoms with Crippen molar-refractivity contribution in [1.29, 1.82) is 0 Å². The van der Waals surface area contributed by atoms with Gasteiger partial charge in [-0.25, -0.2) is 0 Å². The molecule has 0 aromatic heterocycles. The van der Waals surface area contributed by atoms with Crippen LogP contribution in [0, 0.1) is 0 Å². The van der Waals surface area contributed by atoms with E-state index >= 15 is 0 Å². The van der Waals surface area contributed by atoms with E-state index in [0.717, 1.165) is 5.69 Å². The van der Waals surface area contributed by atoms with Crippen LogP contribution in [0.1, 0.15) is 5.56 Å². The van der Waals surface area contributed by atoms with E-state index in [4.69, 9.17) is 23.2 Å². The van der Waals surface area contributed by atoms with Gasteiger partial charge in [-0.05, 0) is 36.4 Å². The lowest BCUT2D eigenvalue weighted by Gasteiger charge is -2.09. The Morgan fingerprint density at radius 2 is 1.71 bits per heavy atom. The highest BCUT2D eigenvalue weighted by atomic mass is 35.5. The first-order chi connectivity index (χ1) is 8.16. The van der Waals surface area contributed by atoms with Crippen LogP contribution < -0.4 is 5.32 Å². The summed E-state index contributed by atoms with van der Waals surface area (Å²) < 4.78 is 0. The summed E-state index contributed by atoms with van der Waals surface area (Å²) in [6.45, 7) is 0.465. The van der Waals surface area contributed by atoms with Crippen molar-refractivity contribution >= 4 is 28.9 Å². The molecular formula is C13H11Cl2NO. The smallest absolute Gasteiger partial charge is 0.122 e. The SMILES string of the molecule is Oc1cccc(Cl)c1CNc1ccc(Cl)cc1. The van der Waals surface area contributed by atoms with E-state index in [1.54, 1.807) is 30.3 Å². The fraction of sp³-hybridized carbons (Fsp3) is 0.0769. The number of aromatic hydroxyl groups is 1. The highest BCUT2D eigenvalue weighted by molar-refractivity contribution is 6.31. The van der Waals surface area contributed by atoms with Crippen molar-refractivity contribution in [3.8, 4) is 5.75 Å². The van der Waals surface area contributed by atoms with Crippen molar-refractivity contribution in [2.45, 2.75) is 6.54 Å². The number of nitrogens with one attached hydrogen (secondary N) is 1. The van der Waals surface area contributed by atoms with E-state index in [0.29, 0.717) is 22.2 Å². The quantitative estimate of drug-likeness (QED) is 0.869. The number of benzene rings is 2. The molecular weight excluding hydrogens is 257 g/mol. The van der Waals surface area contributed by atoms with Crippen LogP contribution in [-0.2, 0) is 6.54 Å². The molecule has 2 N–H and O–H groups in total. The van der Waals surface area contributed by atoms with Crippen molar-refractivity contribution in [3.63, 3.8) is 0 Å². The van der Waals surface area contributed by atoms with Crippen molar-refractivity contribution in [3.05, 3.63) is 58.1 Å². The van der Waals surface area contributed by atoms with Crippen LogP contribution in [0.3, 0.4) is 0 Å². The Hall–Kier alpha value is -1.38. The number of hydrogen-bond acceptors (Lipinski definition) is 2. The topological polar surface area (TPSA) is 32.3 Å². The summed E-state index contributed by atoms with van der Waals surface area (Å²) in [5, 5.41) is 14.1. The van der Waals surface area contributed by atoms with Gasteiger partial charge in [-0.15, -0.1) is 0 Å². The molecule has 0 saturated heterocycles. The van der Waals surface area contributed by atoms with E-state index in [1.165, 1.54) is 0 Å². The van der Waals surface area contributed by atoms with Crippen LogP contribution in [0.4, 0.5) is 5.69 Å². The molecule has 0 aliphatic heterocycles. The Morgan fingerprint density at radius 1 is 1.00 bits per heavy atom. The minimum absolute atomic E-state index is 0.193. The van der Waals surface area contributed by atoms with Crippen molar-refractivity contribution in [2.24, 2.45) is 0 Å². The lowest BCUT2D eigenvalue weighted by Crippen LogP contribution is -2.00. The van der Waals surface area contributed by atoms with Crippen molar-refractivity contribution < 1.29 is 5.11 Å². The highest BCUT2D eigenvalue weighted by Crippen LogP contribution is 2.26. The largest absolute Gasteiger partial charge is 0.508 e. The van der Waals surface area contributed by atoms with Gasteiger partial charge in [0.2, 0.25) is 0 Å². The van der Waals surface area contributed by atoms with Gasteiger partial charge in [-0.1, -0.05) is 29.3 Å². The number of halogens is 2. The maximum atomic E-state index is 9.67. The molecule has 2 aromatic carbocycles. The Labute approximate surface area is 110 Å². The molecule has 2 rings (SSSR count). The number of phenols is 1. The van der Waals surface area contributed by atoms with E-state index in [1.807, 2.05) is 12.1 Å². The van der Waals surface area contributed by atoms with Crippen LogP contribution in [0.15, 0.2) is 42.5 Å². The normalized spacial score (nSPS) is 10.2. The molecule has 0 saturated carbocycles. The van der Waals surface area contributed by atoms with E-state index in [9.17, 15) is 5.11 Å². The third-order valence-corrected chi connectivity index (χ3v) is 3.01. The predicted octanol–water partition coefficient (Wildman–Crippen LogP) is 4.31. The third kappa shape index (κ3) is 3.05. The van der Waals surface area contributed by atoms with Gasteiger partial charge in [-0.3, -0.25) is 0 Å². The van der Waals surface area contributed by atoms with Gasteiger partial charge in [0.25, 0.3) is 0 Å². The second-order valence-corrected chi connectivity index (χ2v) is 4.44. The van der Waals surface area contributed by atoms with Gasteiger partial charge in [0.15, 0.2) is 0 Å². The molecule has 0 aliphatic rings. The minimum atomic E-state index is 0.193. The summed E-state index contributed by atoms with van der Waals surface area (Å²) in [4.78, 5) is 0. The molecule has 2 aromatic rings. The Kier molecular flexibility index (Phi) is 3.77. The molecule has 0 amide bonds. The van der Waals surface area contributed by atoms with Crippen molar-refractivity contribution in [1.82, 2.24) is 0 Å². The van der Waals surface area contributed by atoms with Crippen LogP contribution in [-0.4, -0.2) is 5.11 Å². The second-order valence-electron chi connectivity index (χ2n) is 3.60. The van der Waals surface area contributed by atoms with Gasteiger partial charge in [-0.2, -0.15) is 0 Å². The molecule has 2 nitrogen and oxygen atoms in total. The Bertz CT molecular complexity index is 491. The minimum Gasteiger partial charge on any atom is -0.508 e. The van der Waals surface area contributed by atoms with Gasteiger partial charge >= 0.3 is 0 Å². The van der Waals surface area contributed by atoms with Crippen molar-refractivity contribution in [2.75, 3.05) is 5.32 Å². The molecule has 0 fully saturated rings. The van der Waals surface area contributed by atoms with Gasteiger partial charge < -0.3 is 10.4 Å². The fourth-order valence-electron chi connectivity index (χ4n) is 1.48. The first-order valence-corrected chi connectivity index (χ1v) is 5.88. The molecule has 0 unspecified atom stereocenters. The monoisotopic (exact) mass is 267 g/mol. The molecule has 0 atom stereocenters. The maximum Gasteiger partial charge on any atom is 0.122 e. The maximum absolute atomic E-state index is 9.67. The lowest BCUT2D eigenvalue weighted by molar-refractivity contribution is 0.469. The molecule has 88 valence electrons. The standard InChI is InChI=1S/C13H11Cl2NO/c14-9-4-6-10(7-5-9)16-8-11-12(15)2-1-3-13(11)17/h1-7,16-17H,8H2. The first kappa shape index (κ1) is 12.1. The van der Waals surface area contributed by atoms with Gasteiger partial charge in [0.05, 0.1) is 0 Å². The van der Waals surface area contributed by atoms with E-state index < -0.39 is 0 Å².